The molecule has 0 bridgehead atoms. The van der Waals surface area contributed by atoms with Crippen molar-refractivity contribution < 1.29 is 15.0 Å². The number of aliphatic hydroxyl groups is 2. The molecule has 16 heavy (non-hydrogen) atoms. The van der Waals surface area contributed by atoms with Gasteiger partial charge in [0, 0.05) is 25.9 Å². The minimum Gasteiger partial charge on any atom is -0.394 e. The molecular formula is C10H15N3O3. The summed E-state index contributed by atoms with van der Waals surface area (Å²) < 4.78 is 1.63. The first-order chi connectivity index (χ1) is 7.63. The highest BCUT2D eigenvalue weighted by atomic mass is 16.3. The van der Waals surface area contributed by atoms with E-state index in [1.807, 2.05) is 0 Å². The van der Waals surface area contributed by atoms with Crippen LogP contribution in [0.15, 0.2) is 18.3 Å². The Bertz CT molecular complexity index is 373. The van der Waals surface area contributed by atoms with Crippen molar-refractivity contribution in [1.29, 1.82) is 0 Å². The van der Waals surface area contributed by atoms with Crippen LogP contribution in [0.3, 0.4) is 0 Å². The second-order valence-electron chi connectivity index (χ2n) is 3.29. The van der Waals surface area contributed by atoms with Gasteiger partial charge in [-0.2, -0.15) is 5.10 Å². The molecule has 88 valence electrons. The van der Waals surface area contributed by atoms with E-state index in [1.165, 1.54) is 6.08 Å². The number of amides is 1. The van der Waals surface area contributed by atoms with Gasteiger partial charge in [-0.3, -0.25) is 9.48 Å². The van der Waals surface area contributed by atoms with Crippen LogP contribution in [-0.2, 0) is 11.8 Å². The zero-order valence-electron chi connectivity index (χ0n) is 9.00. The average Bonchev–Trinajstić information content (AvgIpc) is 2.69. The first kappa shape index (κ1) is 12.4. The van der Waals surface area contributed by atoms with Crippen molar-refractivity contribution in [2.45, 2.75) is 6.10 Å². The van der Waals surface area contributed by atoms with Crippen LogP contribution in [0.2, 0.25) is 0 Å². The fraction of sp³-hybridized carbons (Fsp3) is 0.400. The van der Waals surface area contributed by atoms with E-state index in [4.69, 9.17) is 10.2 Å². The first-order valence-corrected chi connectivity index (χ1v) is 4.86. The number of carbonyl (C=O) groups excluding carboxylic acids is 1. The number of aliphatic hydroxyl groups excluding tert-OH is 2. The third kappa shape index (κ3) is 3.84. The second-order valence-corrected chi connectivity index (χ2v) is 3.29. The van der Waals surface area contributed by atoms with E-state index in [1.54, 1.807) is 30.1 Å². The van der Waals surface area contributed by atoms with E-state index in [-0.39, 0.29) is 19.1 Å². The molecule has 0 saturated carbocycles. The van der Waals surface area contributed by atoms with Crippen molar-refractivity contribution >= 4 is 12.0 Å². The van der Waals surface area contributed by atoms with Gasteiger partial charge in [0.1, 0.15) is 0 Å². The van der Waals surface area contributed by atoms with Gasteiger partial charge in [0.2, 0.25) is 5.91 Å². The highest BCUT2D eigenvalue weighted by molar-refractivity contribution is 5.91. The van der Waals surface area contributed by atoms with Crippen LogP contribution in [0.5, 0.6) is 0 Å². The molecule has 1 heterocycles. The fourth-order valence-corrected chi connectivity index (χ4v) is 1.05. The van der Waals surface area contributed by atoms with E-state index < -0.39 is 6.10 Å². The monoisotopic (exact) mass is 225 g/mol. The van der Waals surface area contributed by atoms with Crippen molar-refractivity contribution in [1.82, 2.24) is 15.1 Å². The Morgan fingerprint density at radius 1 is 1.75 bits per heavy atom. The Balaban J connectivity index is 2.40. The smallest absolute Gasteiger partial charge is 0.244 e. The lowest BCUT2D eigenvalue weighted by molar-refractivity contribution is -0.117. The fourth-order valence-electron chi connectivity index (χ4n) is 1.05. The highest BCUT2D eigenvalue weighted by Crippen LogP contribution is 1.98. The maximum atomic E-state index is 11.2. The van der Waals surface area contributed by atoms with Crippen LogP contribution in [-0.4, -0.2) is 45.2 Å². The summed E-state index contributed by atoms with van der Waals surface area (Å²) in [5, 5.41) is 23.9. The molecule has 3 N–H and O–H groups in total. The third-order valence-corrected chi connectivity index (χ3v) is 1.99. The number of hydrogen-bond donors (Lipinski definition) is 3. The van der Waals surface area contributed by atoms with Gasteiger partial charge >= 0.3 is 0 Å². The second kappa shape index (κ2) is 6.04. The lowest BCUT2D eigenvalue weighted by Crippen LogP contribution is -2.32. The van der Waals surface area contributed by atoms with Crippen molar-refractivity contribution in [3.63, 3.8) is 0 Å². The summed E-state index contributed by atoms with van der Waals surface area (Å²) in [5.41, 5.74) is 0.804. The Hall–Kier alpha value is -1.66. The number of hydrogen-bond acceptors (Lipinski definition) is 4. The maximum absolute atomic E-state index is 11.2. The summed E-state index contributed by atoms with van der Waals surface area (Å²) >= 11 is 0. The van der Waals surface area contributed by atoms with E-state index in [0.29, 0.717) is 0 Å². The van der Waals surface area contributed by atoms with Gasteiger partial charge in [-0.05, 0) is 12.1 Å². The summed E-state index contributed by atoms with van der Waals surface area (Å²) in [6.45, 7) is -0.337. The molecule has 1 unspecified atom stereocenters. The Morgan fingerprint density at radius 2 is 2.50 bits per heavy atom. The van der Waals surface area contributed by atoms with E-state index in [0.717, 1.165) is 5.69 Å². The number of aromatic nitrogens is 2. The first-order valence-electron chi connectivity index (χ1n) is 4.86. The molecule has 6 nitrogen and oxygen atoms in total. The van der Waals surface area contributed by atoms with Gasteiger partial charge in [-0.25, -0.2) is 0 Å². The van der Waals surface area contributed by atoms with Gasteiger partial charge in [0.05, 0.1) is 18.4 Å². The summed E-state index contributed by atoms with van der Waals surface area (Å²) in [4.78, 5) is 11.2. The number of aryl methyl sites for hydroxylation is 1. The molecule has 1 aromatic heterocycles. The predicted molar refractivity (Wildman–Crippen MR) is 58.3 cm³/mol. The molecule has 0 aromatic carbocycles. The number of nitrogens with zero attached hydrogens (tertiary/aromatic N) is 2. The van der Waals surface area contributed by atoms with Crippen molar-refractivity contribution in [2.75, 3.05) is 13.2 Å². The SMILES string of the molecule is Cn1nccc1C=CC(=O)NCC(O)CO. The molecule has 0 aliphatic heterocycles. The van der Waals surface area contributed by atoms with E-state index >= 15 is 0 Å². The molecule has 1 aromatic rings. The molecule has 1 amide bonds. The van der Waals surface area contributed by atoms with Gasteiger partial charge in [0.25, 0.3) is 0 Å². The third-order valence-electron chi connectivity index (χ3n) is 1.99. The van der Waals surface area contributed by atoms with Gasteiger partial charge in [-0.1, -0.05) is 0 Å². The Kier molecular flexibility index (Phi) is 4.68. The summed E-state index contributed by atoms with van der Waals surface area (Å²) in [5.74, 6) is -0.325. The minimum atomic E-state index is -0.922. The predicted octanol–water partition coefficient (Wildman–Crippen LogP) is -1.10. The largest absolute Gasteiger partial charge is 0.394 e. The summed E-state index contributed by atoms with van der Waals surface area (Å²) in [7, 11) is 1.77. The van der Waals surface area contributed by atoms with Gasteiger partial charge in [-0.15, -0.1) is 0 Å². The molecule has 0 spiro atoms. The van der Waals surface area contributed by atoms with Gasteiger partial charge < -0.3 is 15.5 Å². The lowest BCUT2D eigenvalue weighted by atomic mass is 10.3. The molecule has 1 atom stereocenters. The van der Waals surface area contributed by atoms with Crippen LogP contribution in [0, 0.1) is 0 Å². The molecule has 0 aliphatic carbocycles. The Labute approximate surface area is 93.2 Å². The molecule has 1 rings (SSSR count). The average molecular weight is 225 g/mol. The Morgan fingerprint density at radius 3 is 3.06 bits per heavy atom. The zero-order chi connectivity index (χ0) is 12.0. The van der Waals surface area contributed by atoms with Crippen LogP contribution in [0.4, 0.5) is 0 Å². The lowest BCUT2D eigenvalue weighted by Gasteiger charge is -2.06. The van der Waals surface area contributed by atoms with E-state index in [2.05, 4.69) is 10.4 Å². The molecule has 0 fully saturated rings. The van der Waals surface area contributed by atoms with Crippen LogP contribution in [0.1, 0.15) is 5.69 Å². The number of nitrogens with one attached hydrogen (secondary N) is 1. The molecule has 0 aliphatic rings. The zero-order valence-corrected chi connectivity index (χ0v) is 9.00. The molecular weight excluding hydrogens is 210 g/mol. The molecule has 0 saturated heterocycles. The van der Waals surface area contributed by atoms with E-state index in [9.17, 15) is 4.79 Å². The summed E-state index contributed by atoms with van der Waals surface area (Å²) in [6.07, 6.45) is 3.68. The topological polar surface area (TPSA) is 87.4 Å². The minimum absolute atomic E-state index is 0.0328. The van der Waals surface area contributed by atoms with Crippen molar-refractivity contribution in [2.24, 2.45) is 7.05 Å². The quantitative estimate of drug-likeness (QED) is 0.555. The van der Waals surface area contributed by atoms with Crippen LogP contribution >= 0.6 is 0 Å². The number of rotatable bonds is 5. The van der Waals surface area contributed by atoms with Crippen LogP contribution in [0.25, 0.3) is 6.08 Å². The number of carbonyl (C=O) groups is 1. The van der Waals surface area contributed by atoms with Crippen molar-refractivity contribution in [3.05, 3.63) is 24.0 Å². The summed E-state index contributed by atoms with van der Waals surface area (Å²) in [6, 6.07) is 1.77. The van der Waals surface area contributed by atoms with Crippen molar-refractivity contribution in [3.8, 4) is 0 Å². The molecule has 0 radical (unpaired) electrons. The highest BCUT2D eigenvalue weighted by Gasteiger charge is 2.02. The maximum Gasteiger partial charge on any atom is 0.244 e. The van der Waals surface area contributed by atoms with Gasteiger partial charge in [0.15, 0.2) is 0 Å². The standard InChI is InChI=1S/C10H15N3O3/c1-13-8(4-5-12-13)2-3-10(16)11-6-9(15)7-14/h2-5,9,14-15H,6-7H2,1H3,(H,11,16). The normalized spacial score (nSPS) is 12.9. The van der Waals surface area contributed by atoms with Crippen LogP contribution < -0.4 is 5.32 Å². The molecule has 6 heteroatoms.